The van der Waals surface area contributed by atoms with E-state index in [9.17, 15) is 4.79 Å². The Morgan fingerprint density at radius 1 is 0.938 bits per heavy atom. The van der Waals surface area contributed by atoms with Crippen LogP contribution in [0.3, 0.4) is 0 Å². The molecule has 0 aliphatic carbocycles. The fraction of sp³-hybridized carbons (Fsp3) is 0.130. The summed E-state index contributed by atoms with van der Waals surface area (Å²) in [6.45, 7) is 1.83. The maximum absolute atomic E-state index is 12.6. The molecule has 3 aromatic carbocycles. The van der Waals surface area contributed by atoms with Crippen LogP contribution in [0.2, 0.25) is 10.0 Å². The lowest BCUT2D eigenvalue weighted by Gasteiger charge is -2.15. The zero-order valence-electron chi connectivity index (χ0n) is 17.3. The molecule has 3 N–H and O–H groups in total. The van der Waals surface area contributed by atoms with E-state index in [1.165, 1.54) is 11.8 Å². The molecular weight excluding hydrogens is 485 g/mol. The molecule has 1 unspecified atom stereocenters. The van der Waals surface area contributed by atoms with Crippen molar-refractivity contribution in [2.75, 3.05) is 23.1 Å². The summed E-state index contributed by atoms with van der Waals surface area (Å²) in [5.41, 5.74) is 2.13. The van der Waals surface area contributed by atoms with Crippen LogP contribution in [0.4, 0.5) is 17.1 Å². The fourth-order valence-corrected chi connectivity index (χ4v) is 4.49. The van der Waals surface area contributed by atoms with Crippen molar-refractivity contribution in [1.29, 1.82) is 0 Å². The molecule has 3 rings (SSSR count). The average Bonchev–Trinajstić information content (AvgIpc) is 2.73. The quantitative estimate of drug-likeness (QED) is 0.239. The highest BCUT2D eigenvalue weighted by Crippen LogP contribution is 2.28. The second-order valence-corrected chi connectivity index (χ2v) is 9.41. The number of hydrogen-bond acceptors (Lipinski definition) is 4. The van der Waals surface area contributed by atoms with Gasteiger partial charge in [0.15, 0.2) is 5.11 Å². The molecule has 0 bridgehead atoms. The number of halogens is 2. The number of para-hydroxylation sites is 2. The van der Waals surface area contributed by atoms with E-state index in [1.54, 1.807) is 25.3 Å². The Labute approximate surface area is 206 Å². The van der Waals surface area contributed by atoms with Gasteiger partial charge in [-0.3, -0.25) is 4.79 Å². The fourth-order valence-electron chi connectivity index (χ4n) is 2.81. The van der Waals surface area contributed by atoms with Crippen LogP contribution in [0, 0.1) is 0 Å². The number of benzene rings is 3. The van der Waals surface area contributed by atoms with E-state index in [0.29, 0.717) is 26.6 Å². The SMILES string of the molecule is COc1ccccc1NC(=S)Nc1cccc(SC(C)C(=O)Nc2cc(Cl)cc(Cl)c2)c1. The lowest BCUT2D eigenvalue weighted by Crippen LogP contribution is -2.22. The number of methoxy groups -OCH3 is 1. The summed E-state index contributed by atoms with van der Waals surface area (Å²) in [5, 5.41) is 10.1. The van der Waals surface area contributed by atoms with E-state index in [1.807, 2.05) is 55.5 Å². The van der Waals surface area contributed by atoms with Gasteiger partial charge in [-0.1, -0.05) is 41.4 Å². The Hall–Kier alpha value is -2.45. The molecule has 0 fully saturated rings. The number of thioether (sulfide) groups is 1. The number of hydrogen-bond donors (Lipinski definition) is 3. The normalized spacial score (nSPS) is 11.4. The maximum atomic E-state index is 12.6. The predicted octanol–water partition coefficient (Wildman–Crippen LogP) is 6.93. The van der Waals surface area contributed by atoms with E-state index < -0.39 is 0 Å². The number of amides is 1. The molecule has 0 saturated carbocycles. The predicted molar refractivity (Wildman–Crippen MR) is 140 cm³/mol. The van der Waals surface area contributed by atoms with Crippen LogP contribution in [-0.2, 0) is 4.79 Å². The molecule has 0 aromatic heterocycles. The minimum absolute atomic E-state index is 0.153. The van der Waals surface area contributed by atoms with E-state index in [0.717, 1.165) is 16.3 Å². The summed E-state index contributed by atoms with van der Waals surface area (Å²) in [5.74, 6) is 0.543. The van der Waals surface area contributed by atoms with Gasteiger partial charge in [-0.05, 0) is 67.7 Å². The number of carbonyl (C=O) groups excluding carboxylic acids is 1. The molecule has 1 amide bonds. The number of ether oxygens (including phenoxy) is 1. The molecule has 9 heteroatoms. The zero-order chi connectivity index (χ0) is 23.1. The standard InChI is InChI=1S/C23H21Cl2N3O2S2/c1-14(22(29)26-18-11-15(24)10-16(25)12-18)32-19-7-5-6-17(13-19)27-23(31)28-20-8-3-4-9-21(20)30-2/h3-14H,1-2H3,(H,26,29)(H2,27,28,31). The highest BCUT2D eigenvalue weighted by Gasteiger charge is 2.15. The van der Waals surface area contributed by atoms with Crippen molar-refractivity contribution in [1.82, 2.24) is 0 Å². The highest BCUT2D eigenvalue weighted by molar-refractivity contribution is 8.00. The Balaban J connectivity index is 1.60. The van der Waals surface area contributed by atoms with Crippen LogP contribution >= 0.6 is 47.2 Å². The minimum atomic E-state index is -0.346. The van der Waals surface area contributed by atoms with Crippen molar-refractivity contribution >= 4 is 75.3 Å². The van der Waals surface area contributed by atoms with Crippen LogP contribution in [0.15, 0.2) is 71.6 Å². The largest absolute Gasteiger partial charge is 0.495 e. The first-order valence-electron chi connectivity index (χ1n) is 9.59. The minimum Gasteiger partial charge on any atom is -0.495 e. The van der Waals surface area contributed by atoms with E-state index >= 15 is 0 Å². The van der Waals surface area contributed by atoms with Crippen LogP contribution < -0.4 is 20.7 Å². The topological polar surface area (TPSA) is 62.4 Å². The lowest BCUT2D eigenvalue weighted by atomic mass is 10.3. The van der Waals surface area contributed by atoms with Gasteiger partial charge >= 0.3 is 0 Å². The molecule has 0 aliphatic heterocycles. The van der Waals surface area contributed by atoms with Crippen molar-refractivity contribution in [2.24, 2.45) is 0 Å². The van der Waals surface area contributed by atoms with Crippen LogP contribution in [0.1, 0.15) is 6.92 Å². The molecule has 166 valence electrons. The maximum Gasteiger partial charge on any atom is 0.237 e. The molecule has 0 aliphatic rings. The number of thiocarbonyl (C=S) groups is 1. The van der Waals surface area contributed by atoms with E-state index in [2.05, 4.69) is 16.0 Å². The summed E-state index contributed by atoms with van der Waals surface area (Å²) in [6, 6.07) is 20.1. The van der Waals surface area contributed by atoms with Gasteiger partial charge in [-0.15, -0.1) is 11.8 Å². The van der Waals surface area contributed by atoms with Crippen LogP contribution in [0.5, 0.6) is 5.75 Å². The summed E-state index contributed by atoms with van der Waals surface area (Å²) in [6.07, 6.45) is 0. The van der Waals surface area contributed by atoms with Gasteiger partial charge in [0.25, 0.3) is 0 Å². The molecule has 0 heterocycles. The van der Waals surface area contributed by atoms with Crippen molar-refractivity contribution in [2.45, 2.75) is 17.1 Å². The van der Waals surface area contributed by atoms with Gasteiger partial charge in [-0.25, -0.2) is 0 Å². The van der Waals surface area contributed by atoms with Crippen molar-refractivity contribution in [3.8, 4) is 5.75 Å². The Morgan fingerprint density at radius 3 is 2.38 bits per heavy atom. The number of anilines is 3. The lowest BCUT2D eigenvalue weighted by molar-refractivity contribution is -0.115. The van der Waals surface area contributed by atoms with Gasteiger partial charge in [-0.2, -0.15) is 0 Å². The number of carbonyl (C=O) groups is 1. The van der Waals surface area contributed by atoms with Gasteiger partial charge in [0.2, 0.25) is 5.91 Å². The zero-order valence-corrected chi connectivity index (χ0v) is 20.5. The average molecular weight is 506 g/mol. The van der Waals surface area contributed by atoms with Crippen molar-refractivity contribution in [3.63, 3.8) is 0 Å². The van der Waals surface area contributed by atoms with Crippen molar-refractivity contribution < 1.29 is 9.53 Å². The first kappa shape index (κ1) is 24.2. The van der Waals surface area contributed by atoms with Gasteiger partial charge < -0.3 is 20.7 Å². The van der Waals surface area contributed by atoms with E-state index in [-0.39, 0.29) is 11.2 Å². The van der Waals surface area contributed by atoms with Gasteiger partial charge in [0, 0.05) is 26.3 Å². The third-order valence-corrected chi connectivity index (χ3v) is 5.99. The molecule has 3 aromatic rings. The first-order chi connectivity index (χ1) is 15.3. The van der Waals surface area contributed by atoms with Crippen LogP contribution in [-0.4, -0.2) is 23.4 Å². The van der Waals surface area contributed by atoms with Gasteiger partial charge in [0.1, 0.15) is 5.75 Å². The summed E-state index contributed by atoms with van der Waals surface area (Å²) in [4.78, 5) is 13.5. The molecule has 0 spiro atoms. The highest BCUT2D eigenvalue weighted by atomic mass is 35.5. The molecular formula is C23H21Cl2N3O2S2. The number of rotatable bonds is 7. The van der Waals surface area contributed by atoms with Crippen LogP contribution in [0.25, 0.3) is 0 Å². The molecule has 1 atom stereocenters. The second kappa shape index (κ2) is 11.4. The Bertz CT molecular complexity index is 1110. The molecule has 0 radical (unpaired) electrons. The van der Waals surface area contributed by atoms with Gasteiger partial charge in [0.05, 0.1) is 18.0 Å². The smallest absolute Gasteiger partial charge is 0.237 e. The third-order valence-electron chi connectivity index (χ3n) is 4.26. The Morgan fingerprint density at radius 2 is 1.66 bits per heavy atom. The molecule has 32 heavy (non-hydrogen) atoms. The second-order valence-electron chi connectivity index (χ2n) is 6.71. The summed E-state index contributed by atoms with van der Waals surface area (Å²) < 4.78 is 5.33. The summed E-state index contributed by atoms with van der Waals surface area (Å²) >= 11 is 18.8. The van der Waals surface area contributed by atoms with Crippen molar-refractivity contribution in [3.05, 3.63) is 76.8 Å². The monoisotopic (exact) mass is 505 g/mol. The summed E-state index contributed by atoms with van der Waals surface area (Å²) in [7, 11) is 1.61. The Kier molecular flexibility index (Phi) is 8.64. The number of nitrogens with one attached hydrogen (secondary N) is 3. The van der Waals surface area contributed by atoms with E-state index in [4.69, 9.17) is 40.2 Å². The third kappa shape index (κ3) is 7.03. The molecule has 0 saturated heterocycles. The molecule has 5 nitrogen and oxygen atoms in total. The first-order valence-corrected chi connectivity index (χ1v) is 11.6.